The molecule has 0 saturated heterocycles. The van der Waals surface area contributed by atoms with E-state index in [9.17, 15) is 0 Å². The number of hydrogen-bond donors (Lipinski definition) is 0. The summed E-state index contributed by atoms with van der Waals surface area (Å²) in [6.07, 6.45) is 15.0. The molecule has 0 bridgehead atoms. The monoisotopic (exact) mass is 670 g/mol. The number of para-hydroxylation sites is 2. The van der Waals surface area contributed by atoms with Crippen molar-refractivity contribution in [1.82, 2.24) is 4.57 Å². The molecule has 8 aromatic rings. The van der Waals surface area contributed by atoms with Crippen LogP contribution in [0.2, 0.25) is 0 Å². The first-order valence-corrected chi connectivity index (χ1v) is 18.8. The second kappa shape index (κ2) is 11.3. The van der Waals surface area contributed by atoms with Gasteiger partial charge < -0.3 is 9.47 Å². The van der Waals surface area contributed by atoms with Crippen molar-refractivity contribution < 1.29 is 0 Å². The molecular formula is C48H34N2S. The van der Waals surface area contributed by atoms with E-state index in [4.69, 9.17) is 0 Å². The Morgan fingerprint density at radius 1 is 0.588 bits per heavy atom. The number of rotatable bonds is 4. The number of aromatic nitrogens is 1. The molecule has 11 rings (SSSR count). The van der Waals surface area contributed by atoms with E-state index < -0.39 is 0 Å². The topological polar surface area (TPSA) is 8.17 Å². The van der Waals surface area contributed by atoms with E-state index >= 15 is 0 Å². The first-order chi connectivity index (χ1) is 25.3. The molecule has 1 aliphatic heterocycles. The van der Waals surface area contributed by atoms with Crippen molar-refractivity contribution in [3.8, 4) is 27.9 Å². The molecule has 3 atom stereocenters. The molecule has 0 radical (unpaired) electrons. The normalized spacial score (nSPS) is 18.8. The van der Waals surface area contributed by atoms with E-state index in [0.29, 0.717) is 12.0 Å². The molecule has 0 N–H and O–H groups in total. The summed E-state index contributed by atoms with van der Waals surface area (Å²) in [6, 6.07) is 52.2. The first kappa shape index (κ1) is 28.9. The van der Waals surface area contributed by atoms with Gasteiger partial charge in [0.2, 0.25) is 0 Å². The molecule has 0 fully saturated rings. The van der Waals surface area contributed by atoms with E-state index in [-0.39, 0.29) is 6.04 Å². The molecule has 6 aromatic carbocycles. The molecule has 3 heterocycles. The van der Waals surface area contributed by atoms with E-state index in [2.05, 4.69) is 185 Å². The Kier molecular flexibility index (Phi) is 6.41. The molecule has 2 aromatic heterocycles. The highest BCUT2D eigenvalue weighted by molar-refractivity contribution is 7.26. The lowest BCUT2D eigenvalue weighted by Gasteiger charge is -2.36. The summed E-state index contributed by atoms with van der Waals surface area (Å²) in [4.78, 5) is 2.67. The Hall–Kier alpha value is -5.90. The SMILES string of the molecule is C1=CC2c3ccccc3N(C3C=Cc4c(c5ccccc5n4-c4cccc(-c5cccc(-c6cccc7c6sc6ccccc67)c5)c4)C3)C2C=C1. The third-order valence-electron chi connectivity index (χ3n) is 11.3. The zero-order chi connectivity index (χ0) is 33.5. The maximum Gasteiger partial charge on any atom is 0.0586 e. The number of hydrogen-bond acceptors (Lipinski definition) is 2. The van der Waals surface area contributed by atoms with Gasteiger partial charge in [-0.1, -0.05) is 134 Å². The fraction of sp³-hybridized carbons (Fsp3) is 0.0833. The van der Waals surface area contributed by atoms with E-state index in [1.165, 1.54) is 81.5 Å². The number of fused-ring (bicyclic) bond motifs is 9. The predicted octanol–water partition coefficient (Wildman–Crippen LogP) is 12.4. The minimum Gasteiger partial charge on any atom is -0.357 e. The van der Waals surface area contributed by atoms with Crippen molar-refractivity contribution in [2.75, 3.05) is 4.90 Å². The van der Waals surface area contributed by atoms with Crippen LogP contribution >= 0.6 is 11.3 Å². The van der Waals surface area contributed by atoms with Crippen molar-refractivity contribution in [3.05, 3.63) is 187 Å². The van der Waals surface area contributed by atoms with Gasteiger partial charge in [0.05, 0.1) is 17.6 Å². The summed E-state index contributed by atoms with van der Waals surface area (Å²) < 4.78 is 5.17. The lowest BCUT2D eigenvalue weighted by atomic mass is 9.90. The Balaban J connectivity index is 0.990. The molecule has 3 aliphatic rings. The zero-order valence-corrected chi connectivity index (χ0v) is 28.8. The van der Waals surface area contributed by atoms with E-state index in [1.54, 1.807) is 0 Å². The van der Waals surface area contributed by atoms with Gasteiger partial charge >= 0.3 is 0 Å². The van der Waals surface area contributed by atoms with Crippen LogP contribution in [0, 0.1) is 0 Å². The average molecular weight is 671 g/mol. The number of thiophene rings is 1. The van der Waals surface area contributed by atoms with Crippen LogP contribution in [-0.2, 0) is 6.42 Å². The maximum absolute atomic E-state index is 2.67. The van der Waals surface area contributed by atoms with Crippen molar-refractivity contribution in [2.24, 2.45) is 0 Å². The van der Waals surface area contributed by atoms with Gasteiger partial charge in [0.25, 0.3) is 0 Å². The molecule has 51 heavy (non-hydrogen) atoms. The van der Waals surface area contributed by atoms with Gasteiger partial charge in [-0.15, -0.1) is 11.3 Å². The highest BCUT2D eigenvalue weighted by atomic mass is 32.1. The Labute approximate surface area is 301 Å². The second-order valence-corrected chi connectivity index (χ2v) is 15.1. The second-order valence-electron chi connectivity index (χ2n) is 14.0. The summed E-state index contributed by atoms with van der Waals surface area (Å²) >= 11 is 1.89. The van der Waals surface area contributed by atoms with Gasteiger partial charge in [0.1, 0.15) is 0 Å². The van der Waals surface area contributed by atoms with Crippen LogP contribution in [0.25, 0.3) is 65.1 Å². The summed E-state index contributed by atoms with van der Waals surface area (Å²) in [6.45, 7) is 0. The molecule has 3 unspecified atom stereocenters. The van der Waals surface area contributed by atoms with Crippen LogP contribution in [0.15, 0.2) is 170 Å². The molecule has 242 valence electrons. The summed E-state index contributed by atoms with van der Waals surface area (Å²) in [5.74, 6) is 0.404. The Bertz CT molecular complexity index is 2770. The van der Waals surface area contributed by atoms with Gasteiger partial charge in [0.15, 0.2) is 0 Å². The van der Waals surface area contributed by atoms with Gasteiger partial charge in [-0.3, -0.25) is 0 Å². The predicted molar refractivity (Wildman–Crippen MR) is 217 cm³/mol. The largest absolute Gasteiger partial charge is 0.357 e. The minimum absolute atomic E-state index is 0.281. The smallest absolute Gasteiger partial charge is 0.0586 e. The maximum atomic E-state index is 2.67. The van der Waals surface area contributed by atoms with Crippen molar-refractivity contribution in [2.45, 2.75) is 24.4 Å². The van der Waals surface area contributed by atoms with E-state index in [0.717, 1.165) is 6.42 Å². The molecule has 3 heteroatoms. The van der Waals surface area contributed by atoms with Crippen LogP contribution in [0.1, 0.15) is 22.7 Å². The summed E-state index contributed by atoms with van der Waals surface area (Å²) in [5, 5.41) is 4.01. The van der Waals surface area contributed by atoms with Crippen LogP contribution < -0.4 is 4.90 Å². The quantitative estimate of drug-likeness (QED) is 0.181. The number of anilines is 1. The van der Waals surface area contributed by atoms with Crippen LogP contribution in [-0.4, -0.2) is 16.7 Å². The van der Waals surface area contributed by atoms with Crippen LogP contribution in [0.3, 0.4) is 0 Å². The molecular weight excluding hydrogens is 637 g/mol. The number of allylic oxidation sites excluding steroid dienone is 2. The van der Waals surface area contributed by atoms with Crippen LogP contribution in [0.4, 0.5) is 5.69 Å². The van der Waals surface area contributed by atoms with Crippen molar-refractivity contribution in [1.29, 1.82) is 0 Å². The molecule has 2 aliphatic carbocycles. The fourth-order valence-electron chi connectivity index (χ4n) is 9.04. The zero-order valence-electron chi connectivity index (χ0n) is 28.0. The average Bonchev–Trinajstić information content (AvgIpc) is 3.86. The third kappa shape index (κ3) is 4.41. The molecule has 2 nitrogen and oxygen atoms in total. The number of nitrogens with zero attached hydrogens (tertiary/aromatic N) is 2. The molecule has 0 saturated carbocycles. The highest BCUT2D eigenvalue weighted by Gasteiger charge is 2.40. The Morgan fingerprint density at radius 2 is 1.33 bits per heavy atom. The Morgan fingerprint density at radius 3 is 2.29 bits per heavy atom. The van der Waals surface area contributed by atoms with Gasteiger partial charge in [-0.25, -0.2) is 0 Å². The molecule has 0 amide bonds. The van der Waals surface area contributed by atoms with E-state index in [1.807, 2.05) is 11.3 Å². The third-order valence-corrected chi connectivity index (χ3v) is 12.5. The highest BCUT2D eigenvalue weighted by Crippen LogP contribution is 2.47. The summed E-state index contributed by atoms with van der Waals surface area (Å²) in [5.41, 5.74) is 13.0. The van der Waals surface area contributed by atoms with Crippen LogP contribution in [0.5, 0.6) is 0 Å². The lowest BCUT2D eigenvalue weighted by molar-refractivity contribution is 0.608. The van der Waals surface area contributed by atoms with Gasteiger partial charge in [0, 0.05) is 48.5 Å². The van der Waals surface area contributed by atoms with Gasteiger partial charge in [-0.2, -0.15) is 0 Å². The number of benzene rings is 6. The first-order valence-electron chi connectivity index (χ1n) is 17.9. The standard InChI is InChI=1S/C48H34N2S/c1-5-22-43-37(16-1)38-17-2-6-23-44(38)50(43)35-26-27-46-42(30-35)39-18-3-7-24-45(39)49(46)34-15-10-13-32(29-34)31-12-9-14-33(28-31)36-20-11-21-41-40-19-4-8-25-47(40)51-48(36)41/h1-29,35,37,43H,30H2. The fourth-order valence-corrected chi connectivity index (χ4v) is 10.3. The lowest BCUT2D eigenvalue weighted by Crippen LogP contribution is -2.42. The van der Waals surface area contributed by atoms with Gasteiger partial charge in [-0.05, 0) is 82.3 Å². The summed E-state index contributed by atoms with van der Waals surface area (Å²) in [7, 11) is 0. The van der Waals surface area contributed by atoms with Crippen molar-refractivity contribution in [3.63, 3.8) is 0 Å². The van der Waals surface area contributed by atoms with Crippen molar-refractivity contribution >= 4 is 54.2 Å². The minimum atomic E-state index is 0.281. The molecule has 0 spiro atoms.